The third-order valence-corrected chi connectivity index (χ3v) is 6.06. The number of anilines is 2. The van der Waals surface area contributed by atoms with Crippen molar-refractivity contribution in [3.63, 3.8) is 0 Å². The first kappa shape index (κ1) is 19.4. The van der Waals surface area contributed by atoms with Gasteiger partial charge >= 0.3 is 0 Å². The van der Waals surface area contributed by atoms with E-state index in [9.17, 15) is 14.0 Å². The molecule has 2 saturated heterocycles. The average molecular weight is 395 g/mol. The summed E-state index contributed by atoms with van der Waals surface area (Å²) in [5, 5.41) is 0. The van der Waals surface area contributed by atoms with Crippen LogP contribution in [0.4, 0.5) is 15.8 Å². The van der Waals surface area contributed by atoms with Gasteiger partial charge in [0.05, 0.1) is 5.92 Å². The van der Waals surface area contributed by atoms with Gasteiger partial charge in [-0.25, -0.2) is 4.39 Å². The molecule has 2 aromatic rings. The van der Waals surface area contributed by atoms with E-state index in [4.69, 9.17) is 0 Å². The van der Waals surface area contributed by atoms with Crippen molar-refractivity contribution in [3.8, 4) is 0 Å². The van der Waals surface area contributed by atoms with E-state index >= 15 is 0 Å². The Balaban J connectivity index is 1.37. The monoisotopic (exact) mass is 395 g/mol. The Hall–Kier alpha value is -2.89. The molecule has 1 atom stereocenters. The Morgan fingerprint density at radius 3 is 2.24 bits per heavy atom. The lowest BCUT2D eigenvalue weighted by Gasteiger charge is -2.37. The lowest BCUT2D eigenvalue weighted by molar-refractivity contribution is -0.136. The second kappa shape index (κ2) is 7.85. The molecule has 2 aromatic carbocycles. The summed E-state index contributed by atoms with van der Waals surface area (Å²) in [5.74, 6) is -0.469. The molecule has 4 rings (SSSR count). The molecule has 152 valence electrons. The zero-order chi connectivity index (χ0) is 20.5. The largest absolute Gasteiger partial charge is 0.368 e. The number of amides is 2. The number of nitrogens with zero attached hydrogens (tertiary/aromatic N) is 3. The summed E-state index contributed by atoms with van der Waals surface area (Å²) in [6.45, 7) is 7.16. The van der Waals surface area contributed by atoms with E-state index in [0.717, 1.165) is 16.9 Å². The van der Waals surface area contributed by atoms with Crippen molar-refractivity contribution in [2.45, 2.75) is 20.3 Å². The first-order valence-electron chi connectivity index (χ1n) is 10.1. The molecule has 5 nitrogen and oxygen atoms in total. The summed E-state index contributed by atoms with van der Waals surface area (Å²) in [6, 6.07) is 12.4. The smallest absolute Gasteiger partial charge is 0.228 e. The highest BCUT2D eigenvalue weighted by molar-refractivity contribution is 6.00. The first-order valence-corrected chi connectivity index (χ1v) is 10.1. The molecule has 0 radical (unpaired) electrons. The van der Waals surface area contributed by atoms with Crippen LogP contribution in [0.3, 0.4) is 0 Å². The summed E-state index contributed by atoms with van der Waals surface area (Å²) in [6.07, 6.45) is 0.268. The van der Waals surface area contributed by atoms with Gasteiger partial charge in [0.15, 0.2) is 0 Å². The van der Waals surface area contributed by atoms with Crippen LogP contribution < -0.4 is 9.80 Å². The van der Waals surface area contributed by atoms with Gasteiger partial charge in [-0.15, -0.1) is 0 Å². The summed E-state index contributed by atoms with van der Waals surface area (Å²) < 4.78 is 13.1. The van der Waals surface area contributed by atoms with Gasteiger partial charge in [-0.05, 0) is 61.4 Å². The van der Waals surface area contributed by atoms with Crippen LogP contribution in [0.5, 0.6) is 0 Å². The Morgan fingerprint density at radius 1 is 0.931 bits per heavy atom. The van der Waals surface area contributed by atoms with Crippen molar-refractivity contribution < 1.29 is 14.0 Å². The van der Waals surface area contributed by atoms with Crippen molar-refractivity contribution in [1.82, 2.24) is 4.90 Å². The van der Waals surface area contributed by atoms with Gasteiger partial charge in [0.2, 0.25) is 11.8 Å². The molecule has 0 aliphatic carbocycles. The van der Waals surface area contributed by atoms with Gasteiger partial charge in [-0.2, -0.15) is 0 Å². The highest BCUT2D eigenvalue weighted by Crippen LogP contribution is 2.28. The molecule has 2 aliphatic heterocycles. The van der Waals surface area contributed by atoms with E-state index in [0.29, 0.717) is 32.7 Å². The van der Waals surface area contributed by atoms with Crippen LogP contribution in [0.15, 0.2) is 42.5 Å². The molecule has 0 unspecified atom stereocenters. The number of aryl methyl sites for hydroxylation is 2. The molecular weight excluding hydrogens is 369 g/mol. The fraction of sp³-hybridized carbons (Fsp3) is 0.391. The maximum Gasteiger partial charge on any atom is 0.228 e. The Morgan fingerprint density at radius 2 is 1.59 bits per heavy atom. The average Bonchev–Trinajstić information content (AvgIpc) is 3.12. The number of carbonyl (C=O) groups excluding carboxylic acids is 2. The fourth-order valence-electron chi connectivity index (χ4n) is 4.11. The second-order valence-electron chi connectivity index (χ2n) is 7.96. The van der Waals surface area contributed by atoms with Crippen LogP contribution in [0.2, 0.25) is 0 Å². The third-order valence-electron chi connectivity index (χ3n) is 6.06. The molecule has 2 aliphatic rings. The molecule has 0 N–H and O–H groups in total. The second-order valence-corrected chi connectivity index (χ2v) is 7.96. The lowest BCUT2D eigenvalue weighted by atomic mass is 10.1. The number of rotatable bonds is 3. The van der Waals surface area contributed by atoms with Gasteiger partial charge in [0.25, 0.3) is 0 Å². The van der Waals surface area contributed by atoms with Crippen LogP contribution in [0, 0.1) is 25.6 Å². The van der Waals surface area contributed by atoms with Gasteiger partial charge in [-0.3, -0.25) is 9.59 Å². The van der Waals surface area contributed by atoms with Crippen molar-refractivity contribution in [2.24, 2.45) is 5.92 Å². The summed E-state index contributed by atoms with van der Waals surface area (Å²) >= 11 is 0. The van der Waals surface area contributed by atoms with Crippen molar-refractivity contribution >= 4 is 23.2 Å². The third kappa shape index (κ3) is 3.97. The maximum absolute atomic E-state index is 13.1. The summed E-state index contributed by atoms with van der Waals surface area (Å²) in [4.78, 5) is 31.3. The Bertz CT molecular complexity index is 920. The van der Waals surface area contributed by atoms with E-state index in [1.54, 1.807) is 17.0 Å². The summed E-state index contributed by atoms with van der Waals surface area (Å²) in [7, 11) is 0. The van der Waals surface area contributed by atoms with Crippen molar-refractivity contribution in [3.05, 3.63) is 59.4 Å². The van der Waals surface area contributed by atoms with Gasteiger partial charge in [0, 0.05) is 50.5 Å². The minimum absolute atomic E-state index is 0.0107. The van der Waals surface area contributed by atoms with Crippen molar-refractivity contribution in [1.29, 1.82) is 0 Å². The molecule has 0 saturated carbocycles. The first-order chi connectivity index (χ1) is 13.9. The molecule has 2 heterocycles. The number of hydrogen-bond acceptors (Lipinski definition) is 3. The molecule has 29 heavy (non-hydrogen) atoms. The van der Waals surface area contributed by atoms with Crippen LogP contribution >= 0.6 is 0 Å². The van der Waals surface area contributed by atoms with Gasteiger partial charge < -0.3 is 14.7 Å². The summed E-state index contributed by atoms with van der Waals surface area (Å²) in [5.41, 5.74) is 4.17. The van der Waals surface area contributed by atoms with Crippen LogP contribution in [0.1, 0.15) is 17.5 Å². The maximum atomic E-state index is 13.1. The number of piperazine rings is 1. The molecule has 2 fully saturated rings. The lowest BCUT2D eigenvalue weighted by Crippen LogP contribution is -2.50. The molecule has 2 amide bonds. The normalized spacial score (nSPS) is 19.8. The quantitative estimate of drug-likeness (QED) is 0.802. The molecule has 0 bridgehead atoms. The highest BCUT2D eigenvalue weighted by Gasteiger charge is 2.38. The molecule has 0 spiro atoms. The Kier molecular flexibility index (Phi) is 5.26. The number of benzene rings is 2. The van der Waals surface area contributed by atoms with E-state index in [1.807, 2.05) is 36.9 Å². The standard InChI is InChI=1S/C23H26FN3O2/c1-16-3-6-21(13-17(16)2)27-15-18(14-22(27)28)23(29)26-11-9-25(10-12-26)20-7-4-19(24)5-8-20/h3-8,13,18H,9-12,14-15H2,1-2H3/t18-/m0/s1. The zero-order valence-electron chi connectivity index (χ0n) is 16.9. The Labute approximate surface area is 170 Å². The minimum Gasteiger partial charge on any atom is -0.368 e. The van der Waals surface area contributed by atoms with E-state index in [1.165, 1.54) is 17.7 Å². The van der Waals surface area contributed by atoms with E-state index < -0.39 is 0 Å². The van der Waals surface area contributed by atoms with Gasteiger partial charge in [-0.1, -0.05) is 6.07 Å². The zero-order valence-corrected chi connectivity index (χ0v) is 16.9. The number of carbonyl (C=O) groups is 2. The molecule has 6 heteroatoms. The van der Waals surface area contributed by atoms with Crippen LogP contribution in [0.25, 0.3) is 0 Å². The fourth-order valence-corrected chi connectivity index (χ4v) is 4.11. The highest BCUT2D eigenvalue weighted by atomic mass is 19.1. The van der Waals surface area contributed by atoms with E-state index in [-0.39, 0.29) is 30.0 Å². The number of hydrogen-bond donors (Lipinski definition) is 0. The van der Waals surface area contributed by atoms with Crippen molar-refractivity contribution in [2.75, 3.05) is 42.5 Å². The SMILES string of the molecule is Cc1ccc(N2C[C@@H](C(=O)N3CCN(c4ccc(F)cc4)CC3)CC2=O)cc1C. The predicted octanol–water partition coefficient (Wildman–Crippen LogP) is 3.14. The topological polar surface area (TPSA) is 43.9 Å². The molecule has 0 aromatic heterocycles. The molecular formula is C23H26FN3O2. The van der Waals surface area contributed by atoms with E-state index in [2.05, 4.69) is 4.90 Å². The predicted molar refractivity (Wildman–Crippen MR) is 112 cm³/mol. The van der Waals surface area contributed by atoms with Crippen LogP contribution in [-0.4, -0.2) is 49.4 Å². The van der Waals surface area contributed by atoms with Gasteiger partial charge in [0.1, 0.15) is 5.82 Å². The van der Waals surface area contributed by atoms with Crippen LogP contribution in [-0.2, 0) is 9.59 Å². The minimum atomic E-state index is -0.290. The number of halogens is 1.